The maximum atomic E-state index is 12.5. The van der Waals surface area contributed by atoms with Crippen LogP contribution in [0.15, 0.2) is 42.5 Å². The molecule has 0 atom stereocenters. The number of ketones is 1. The van der Waals surface area contributed by atoms with E-state index >= 15 is 0 Å². The van der Waals surface area contributed by atoms with E-state index in [9.17, 15) is 9.59 Å². The summed E-state index contributed by atoms with van der Waals surface area (Å²) in [6.45, 7) is 1.27. The highest BCUT2D eigenvalue weighted by atomic mass is 35.5. The van der Waals surface area contributed by atoms with Gasteiger partial charge in [-0.2, -0.15) is 0 Å². The molecule has 0 spiro atoms. The molecule has 0 N–H and O–H groups in total. The minimum atomic E-state index is -0.498. The Morgan fingerprint density at radius 3 is 2.30 bits per heavy atom. The van der Waals surface area contributed by atoms with Crippen molar-refractivity contribution in [3.8, 4) is 5.75 Å². The second-order valence-corrected chi connectivity index (χ2v) is 4.81. The van der Waals surface area contributed by atoms with Crippen LogP contribution in [-0.2, 0) is 4.79 Å². The van der Waals surface area contributed by atoms with Gasteiger partial charge in [-0.05, 0) is 24.3 Å². The molecule has 0 radical (unpaired) electrons. The first-order valence-electron chi connectivity index (χ1n) is 5.77. The Kier molecular flexibility index (Phi) is 4.42. The Morgan fingerprint density at radius 2 is 1.60 bits per heavy atom. The van der Waals surface area contributed by atoms with E-state index in [1.165, 1.54) is 6.92 Å². The molecule has 0 saturated carbocycles. The van der Waals surface area contributed by atoms with Gasteiger partial charge in [-0.3, -0.25) is 9.59 Å². The number of hydrogen-bond donors (Lipinski definition) is 0. The number of ether oxygens (including phenoxy) is 1. The molecule has 102 valence electrons. The second-order valence-electron chi connectivity index (χ2n) is 4.02. The Balaban J connectivity index is 2.48. The molecule has 0 aliphatic heterocycles. The zero-order valence-corrected chi connectivity index (χ0v) is 12.0. The summed E-state index contributed by atoms with van der Waals surface area (Å²) in [5.74, 6) is -0.655. The monoisotopic (exact) mass is 308 g/mol. The minimum Gasteiger partial charge on any atom is -0.426 e. The smallest absolute Gasteiger partial charge is 0.308 e. The molecule has 0 fully saturated rings. The number of carbonyl (C=O) groups is 2. The zero-order valence-electron chi connectivity index (χ0n) is 10.5. The van der Waals surface area contributed by atoms with E-state index in [0.29, 0.717) is 5.02 Å². The molecule has 20 heavy (non-hydrogen) atoms. The van der Waals surface area contributed by atoms with Gasteiger partial charge in [0.25, 0.3) is 0 Å². The molecule has 3 nitrogen and oxygen atoms in total. The van der Waals surface area contributed by atoms with Gasteiger partial charge in [0.15, 0.2) is 5.78 Å². The highest BCUT2D eigenvalue weighted by molar-refractivity contribution is 6.44. The first kappa shape index (κ1) is 14.6. The van der Waals surface area contributed by atoms with Crippen molar-refractivity contribution in [3.05, 3.63) is 63.6 Å². The van der Waals surface area contributed by atoms with Crippen molar-refractivity contribution in [1.82, 2.24) is 0 Å². The lowest BCUT2D eigenvalue weighted by molar-refractivity contribution is -0.131. The average molecular weight is 309 g/mol. The zero-order chi connectivity index (χ0) is 14.7. The molecular weight excluding hydrogens is 299 g/mol. The molecule has 0 amide bonds. The lowest BCUT2D eigenvalue weighted by Crippen LogP contribution is -2.09. The van der Waals surface area contributed by atoms with Gasteiger partial charge in [-0.1, -0.05) is 41.4 Å². The van der Waals surface area contributed by atoms with Crippen molar-refractivity contribution in [3.63, 3.8) is 0 Å². The molecule has 0 heterocycles. The lowest BCUT2D eigenvalue weighted by Gasteiger charge is -2.09. The van der Waals surface area contributed by atoms with Crippen molar-refractivity contribution >= 4 is 35.0 Å². The predicted molar refractivity (Wildman–Crippen MR) is 77.6 cm³/mol. The quantitative estimate of drug-likeness (QED) is 0.486. The van der Waals surface area contributed by atoms with Gasteiger partial charge in [0.05, 0.1) is 15.6 Å². The van der Waals surface area contributed by atoms with Crippen LogP contribution in [0.25, 0.3) is 0 Å². The molecule has 0 saturated heterocycles. The van der Waals surface area contributed by atoms with Crippen LogP contribution in [0.2, 0.25) is 10.0 Å². The van der Waals surface area contributed by atoms with Crippen LogP contribution < -0.4 is 4.74 Å². The first-order chi connectivity index (χ1) is 9.50. The lowest BCUT2D eigenvalue weighted by atomic mass is 10.0. The maximum Gasteiger partial charge on any atom is 0.308 e. The molecule has 0 aliphatic rings. The fourth-order valence-electron chi connectivity index (χ4n) is 1.72. The standard InChI is InChI=1S/C15H10Cl2O3/c1-9(18)20-13-8-3-2-5-10(13)15(19)11-6-4-7-12(16)14(11)17/h2-8H,1H3. The number of halogens is 2. The van der Waals surface area contributed by atoms with Gasteiger partial charge in [0, 0.05) is 12.5 Å². The maximum absolute atomic E-state index is 12.5. The number of carbonyl (C=O) groups excluding carboxylic acids is 2. The molecule has 2 aromatic rings. The molecule has 0 unspecified atom stereocenters. The molecule has 5 heteroatoms. The Labute approximate surface area is 126 Å². The van der Waals surface area contributed by atoms with Crippen molar-refractivity contribution < 1.29 is 14.3 Å². The highest BCUT2D eigenvalue weighted by Gasteiger charge is 2.19. The van der Waals surface area contributed by atoms with Gasteiger partial charge >= 0.3 is 5.97 Å². The summed E-state index contributed by atoms with van der Waals surface area (Å²) < 4.78 is 5.02. The normalized spacial score (nSPS) is 10.2. The largest absolute Gasteiger partial charge is 0.426 e. The van der Waals surface area contributed by atoms with E-state index in [4.69, 9.17) is 27.9 Å². The van der Waals surface area contributed by atoms with Crippen LogP contribution in [-0.4, -0.2) is 11.8 Å². The molecular formula is C15H10Cl2O3. The number of para-hydroxylation sites is 1. The van der Waals surface area contributed by atoms with Gasteiger partial charge in [-0.25, -0.2) is 0 Å². The van der Waals surface area contributed by atoms with E-state index in [0.717, 1.165) is 0 Å². The Morgan fingerprint density at radius 1 is 0.950 bits per heavy atom. The first-order valence-corrected chi connectivity index (χ1v) is 6.52. The number of benzene rings is 2. The fraction of sp³-hybridized carbons (Fsp3) is 0.0667. The van der Waals surface area contributed by atoms with E-state index in [-0.39, 0.29) is 27.7 Å². The van der Waals surface area contributed by atoms with E-state index < -0.39 is 5.97 Å². The summed E-state index contributed by atoms with van der Waals surface area (Å²) in [5, 5.41) is 0.472. The van der Waals surface area contributed by atoms with Gasteiger partial charge in [0.2, 0.25) is 0 Å². The summed E-state index contributed by atoms with van der Waals surface area (Å²) in [5.41, 5.74) is 0.519. The van der Waals surface area contributed by atoms with Crippen LogP contribution in [0, 0.1) is 0 Å². The highest BCUT2D eigenvalue weighted by Crippen LogP contribution is 2.29. The molecule has 0 aromatic heterocycles. The van der Waals surface area contributed by atoms with Crippen molar-refractivity contribution in [2.24, 2.45) is 0 Å². The molecule has 0 aliphatic carbocycles. The number of rotatable bonds is 3. The fourth-order valence-corrected chi connectivity index (χ4v) is 2.11. The van der Waals surface area contributed by atoms with E-state index in [1.54, 1.807) is 42.5 Å². The number of esters is 1. The third kappa shape index (κ3) is 3.00. The van der Waals surface area contributed by atoms with Gasteiger partial charge < -0.3 is 4.74 Å². The van der Waals surface area contributed by atoms with E-state index in [2.05, 4.69) is 0 Å². The summed E-state index contributed by atoms with van der Waals surface area (Å²) >= 11 is 11.9. The third-order valence-electron chi connectivity index (χ3n) is 2.58. The second kappa shape index (κ2) is 6.07. The van der Waals surface area contributed by atoms with Crippen LogP contribution in [0.1, 0.15) is 22.8 Å². The number of hydrogen-bond acceptors (Lipinski definition) is 3. The van der Waals surface area contributed by atoms with Crippen LogP contribution in [0.5, 0.6) is 5.75 Å². The molecule has 2 rings (SSSR count). The summed E-state index contributed by atoms with van der Waals surface area (Å²) in [6, 6.07) is 11.3. The van der Waals surface area contributed by atoms with Crippen LogP contribution in [0.4, 0.5) is 0 Å². The summed E-state index contributed by atoms with van der Waals surface area (Å²) in [6.07, 6.45) is 0. The average Bonchev–Trinajstić information content (AvgIpc) is 2.41. The molecule has 2 aromatic carbocycles. The Bertz CT molecular complexity index is 681. The van der Waals surface area contributed by atoms with E-state index in [1.807, 2.05) is 0 Å². The summed E-state index contributed by atoms with van der Waals surface area (Å²) in [7, 11) is 0. The van der Waals surface area contributed by atoms with Crippen molar-refractivity contribution in [1.29, 1.82) is 0 Å². The predicted octanol–water partition coefficient (Wildman–Crippen LogP) is 4.15. The summed E-state index contributed by atoms with van der Waals surface area (Å²) in [4.78, 5) is 23.6. The minimum absolute atomic E-state index is 0.178. The van der Waals surface area contributed by atoms with Crippen LogP contribution >= 0.6 is 23.2 Å². The van der Waals surface area contributed by atoms with Gasteiger partial charge in [0.1, 0.15) is 5.75 Å². The van der Waals surface area contributed by atoms with Crippen molar-refractivity contribution in [2.45, 2.75) is 6.92 Å². The topological polar surface area (TPSA) is 43.4 Å². The van der Waals surface area contributed by atoms with Gasteiger partial charge in [-0.15, -0.1) is 0 Å². The molecule has 0 bridgehead atoms. The SMILES string of the molecule is CC(=O)Oc1ccccc1C(=O)c1cccc(Cl)c1Cl. The van der Waals surface area contributed by atoms with Crippen molar-refractivity contribution in [2.75, 3.05) is 0 Å². The Hall–Kier alpha value is -1.84. The van der Waals surface area contributed by atoms with Crippen LogP contribution in [0.3, 0.4) is 0 Å². The third-order valence-corrected chi connectivity index (χ3v) is 3.40.